The summed E-state index contributed by atoms with van der Waals surface area (Å²) in [5, 5.41) is 0. The van der Waals surface area contributed by atoms with Gasteiger partial charge in [-0.3, -0.25) is 4.90 Å². The van der Waals surface area contributed by atoms with E-state index in [4.69, 9.17) is 18.0 Å². The van der Waals surface area contributed by atoms with E-state index in [-0.39, 0.29) is 0 Å². The zero-order valence-electron chi connectivity index (χ0n) is 10.0. The Labute approximate surface area is 99.2 Å². The third-order valence-corrected chi connectivity index (χ3v) is 3.33. The van der Waals surface area contributed by atoms with Crippen LogP contribution in [0.15, 0.2) is 0 Å². The largest absolute Gasteiger partial charge is 0.393 e. The summed E-state index contributed by atoms with van der Waals surface area (Å²) in [5.41, 5.74) is 5.66. The average molecular weight is 228 g/mol. The van der Waals surface area contributed by atoms with E-state index in [2.05, 4.69) is 18.7 Å². The molecule has 0 spiro atoms. The summed E-state index contributed by atoms with van der Waals surface area (Å²) in [4.78, 5) is 3.31. The van der Waals surface area contributed by atoms with E-state index >= 15 is 0 Å². The van der Waals surface area contributed by atoms with Crippen molar-refractivity contribution < 1.29 is 0 Å². The number of thiocarbonyl (C=S) groups is 1. The molecule has 1 rings (SSSR count). The fourth-order valence-electron chi connectivity index (χ4n) is 2.14. The molecule has 2 N–H and O–H groups in total. The smallest absolute Gasteiger partial charge is 0.0743 e. The van der Waals surface area contributed by atoms with Crippen LogP contribution in [0.5, 0.6) is 0 Å². The summed E-state index contributed by atoms with van der Waals surface area (Å²) in [7, 11) is 0. The number of rotatable bonds is 8. The lowest BCUT2D eigenvalue weighted by atomic mass is 10.1. The third kappa shape index (κ3) is 4.47. The first-order valence-electron chi connectivity index (χ1n) is 6.23. The van der Waals surface area contributed by atoms with E-state index in [1.807, 2.05) is 0 Å². The number of hydrogen-bond acceptors (Lipinski definition) is 2. The van der Waals surface area contributed by atoms with Crippen molar-refractivity contribution in [2.45, 2.75) is 64.5 Å². The molecule has 3 heteroatoms. The van der Waals surface area contributed by atoms with Crippen LogP contribution in [0.1, 0.15) is 52.4 Å². The Morgan fingerprint density at radius 1 is 1.47 bits per heavy atom. The summed E-state index contributed by atoms with van der Waals surface area (Å²) in [6, 6.07) is 1.41. The first-order chi connectivity index (χ1) is 7.19. The number of nitrogens with zero attached hydrogens (tertiary/aromatic N) is 1. The minimum atomic E-state index is 0.585. The SMILES string of the molecule is CCCCN(C1CC1)C(CC)CC(N)=S. The van der Waals surface area contributed by atoms with Gasteiger partial charge in [-0.1, -0.05) is 32.5 Å². The van der Waals surface area contributed by atoms with Gasteiger partial charge in [0.15, 0.2) is 0 Å². The lowest BCUT2D eigenvalue weighted by Crippen LogP contribution is -2.39. The molecule has 0 heterocycles. The normalized spacial score (nSPS) is 18.1. The molecular formula is C12H24N2S. The predicted octanol–water partition coefficient (Wildman–Crippen LogP) is 2.71. The highest BCUT2D eigenvalue weighted by Crippen LogP contribution is 2.30. The molecule has 15 heavy (non-hydrogen) atoms. The van der Waals surface area contributed by atoms with Gasteiger partial charge in [-0.25, -0.2) is 0 Å². The summed E-state index contributed by atoms with van der Waals surface area (Å²) in [5.74, 6) is 0. The van der Waals surface area contributed by atoms with Crippen LogP contribution in [0.25, 0.3) is 0 Å². The standard InChI is InChI=1S/C12H24N2S/c1-3-5-8-14(11-6-7-11)10(4-2)9-12(13)15/h10-11H,3-9H2,1-2H3,(H2,13,15). The van der Waals surface area contributed by atoms with Gasteiger partial charge >= 0.3 is 0 Å². The molecule has 0 aromatic heterocycles. The fraction of sp³-hybridized carbons (Fsp3) is 0.917. The number of unbranched alkanes of at least 4 members (excludes halogenated alkanes) is 1. The van der Waals surface area contributed by atoms with E-state index in [1.54, 1.807) is 0 Å². The van der Waals surface area contributed by atoms with Gasteiger partial charge < -0.3 is 5.73 Å². The van der Waals surface area contributed by atoms with Crippen molar-refractivity contribution in [3.63, 3.8) is 0 Å². The van der Waals surface area contributed by atoms with Crippen LogP contribution >= 0.6 is 12.2 Å². The second-order valence-corrected chi connectivity index (χ2v) is 5.08. The summed E-state index contributed by atoms with van der Waals surface area (Å²) in [6.07, 6.45) is 7.37. The molecule has 1 fully saturated rings. The van der Waals surface area contributed by atoms with Gasteiger partial charge in [0, 0.05) is 18.5 Å². The van der Waals surface area contributed by atoms with Crippen molar-refractivity contribution in [3.8, 4) is 0 Å². The molecule has 0 aliphatic heterocycles. The minimum absolute atomic E-state index is 0.585. The van der Waals surface area contributed by atoms with E-state index in [1.165, 1.54) is 32.2 Å². The zero-order valence-corrected chi connectivity index (χ0v) is 10.9. The van der Waals surface area contributed by atoms with Gasteiger partial charge in [0.2, 0.25) is 0 Å². The third-order valence-electron chi connectivity index (χ3n) is 3.16. The van der Waals surface area contributed by atoms with Crippen molar-refractivity contribution in [3.05, 3.63) is 0 Å². The van der Waals surface area contributed by atoms with Crippen molar-refractivity contribution >= 4 is 17.2 Å². The average Bonchev–Trinajstić information content (AvgIpc) is 3.00. The number of hydrogen-bond donors (Lipinski definition) is 1. The lowest BCUT2D eigenvalue weighted by Gasteiger charge is -2.31. The highest BCUT2D eigenvalue weighted by atomic mass is 32.1. The maximum atomic E-state index is 5.66. The Hall–Kier alpha value is -0.150. The molecule has 0 aromatic rings. The molecule has 0 bridgehead atoms. The van der Waals surface area contributed by atoms with Crippen LogP contribution in [0.2, 0.25) is 0 Å². The van der Waals surface area contributed by atoms with Crippen molar-refractivity contribution in [1.29, 1.82) is 0 Å². The minimum Gasteiger partial charge on any atom is -0.393 e. The molecule has 1 saturated carbocycles. The first kappa shape index (κ1) is 12.9. The first-order valence-corrected chi connectivity index (χ1v) is 6.63. The zero-order chi connectivity index (χ0) is 11.3. The molecule has 0 radical (unpaired) electrons. The molecule has 0 saturated heterocycles. The Kier molecular flexibility index (Phi) is 5.54. The highest BCUT2D eigenvalue weighted by molar-refractivity contribution is 7.80. The Morgan fingerprint density at radius 2 is 2.13 bits per heavy atom. The Bertz CT molecular complexity index is 202. The molecule has 0 amide bonds. The molecule has 1 atom stereocenters. The van der Waals surface area contributed by atoms with Gasteiger partial charge in [-0.15, -0.1) is 0 Å². The van der Waals surface area contributed by atoms with E-state index in [9.17, 15) is 0 Å². The van der Waals surface area contributed by atoms with Crippen molar-refractivity contribution in [1.82, 2.24) is 4.90 Å². The van der Waals surface area contributed by atoms with Crippen LogP contribution < -0.4 is 5.73 Å². The summed E-state index contributed by atoms with van der Waals surface area (Å²) < 4.78 is 0. The van der Waals surface area contributed by atoms with Crippen molar-refractivity contribution in [2.24, 2.45) is 5.73 Å². The van der Waals surface area contributed by atoms with E-state index in [0.29, 0.717) is 11.0 Å². The van der Waals surface area contributed by atoms with E-state index < -0.39 is 0 Å². The highest BCUT2D eigenvalue weighted by Gasteiger charge is 2.32. The van der Waals surface area contributed by atoms with Crippen LogP contribution in [0.3, 0.4) is 0 Å². The molecular weight excluding hydrogens is 204 g/mol. The fourth-order valence-corrected chi connectivity index (χ4v) is 2.33. The molecule has 1 aliphatic rings. The van der Waals surface area contributed by atoms with Crippen LogP contribution in [0, 0.1) is 0 Å². The maximum Gasteiger partial charge on any atom is 0.0743 e. The molecule has 1 aliphatic carbocycles. The second kappa shape index (κ2) is 6.44. The second-order valence-electron chi connectivity index (χ2n) is 4.56. The maximum absolute atomic E-state index is 5.66. The Balaban J connectivity index is 2.46. The van der Waals surface area contributed by atoms with Gasteiger partial charge in [-0.2, -0.15) is 0 Å². The summed E-state index contributed by atoms with van der Waals surface area (Å²) >= 11 is 5.03. The monoisotopic (exact) mass is 228 g/mol. The van der Waals surface area contributed by atoms with Gasteiger partial charge in [0.1, 0.15) is 0 Å². The topological polar surface area (TPSA) is 29.3 Å². The molecule has 88 valence electrons. The lowest BCUT2D eigenvalue weighted by molar-refractivity contribution is 0.182. The van der Waals surface area contributed by atoms with Gasteiger partial charge in [-0.05, 0) is 32.2 Å². The van der Waals surface area contributed by atoms with Gasteiger partial charge in [0.25, 0.3) is 0 Å². The molecule has 0 aromatic carbocycles. The van der Waals surface area contributed by atoms with Crippen molar-refractivity contribution in [2.75, 3.05) is 6.54 Å². The molecule has 2 nitrogen and oxygen atoms in total. The van der Waals surface area contributed by atoms with Gasteiger partial charge in [0.05, 0.1) is 4.99 Å². The van der Waals surface area contributed by atoms with Crippen LogP contribution in [-0.2, 0) is 0 Å². The summed E-state index contributed by atoms with van der Waals surface area (Å²) in [6.45, 7) is 5.71. The number of nitrogens with two attached hydrogens (primary N) is 1. The quantitative estimate of drug-likeness (QED) is 0.648. The van der Waals surface area contributed by atoms with Crippen LogP contribution in [-0.4, -0.2) is 28.5 Å². The van der Waals surface area contributed by atoms with Crippen LogP contribution in [0.4, 0.5) is 0 Å². The van der Waals surface area contributed by atoms with E-state index in [0.717, 1.165) is 18.9 Å². The predicted molar refractivity (Wildman–Crippen MR) is 70.1 cm³/mol. The molecule has 1 unspecified atom stereocenters. The Morgan fingerprint density at radius 3 is 2.53 bits per heavy atom.